The van der Waals surface area contributed by atoms with Crippen LogP contribution in [0.1, 0.15) is 46.9 Å². The van der Waals surface area contributed by atoms with Gasteiger partial charge in [-0.2, -0.15) is 4.98 Å². The molecule has 2 aromatic heterocycles. The van der Waals surface area contributed by atoms with Crippen LogP contribution in [0.2, 0.25) is 0 Å². The molecular formula is C23H28N4O4S. The number of methoxy groups -OCH3 is 2. The van der Waals surface area contributed by atoms with Crippen LogP contribution in [0.25, 0.3) is 10.2 Å². The second kappa shape index (κ2) is 10.5. The molecule has 2 amide bonds. The molecule has 0 bridgehead atoms. The molecule has 1 unspecified atom stereocenters. The highest BCUT2D eigenvalue weighted by Gasteiger charge is 2.21. The maximum absolute atomic E-state index is 12.9. The molecule has 8 nitrogen and oxygen atoms in total. The summed E-state index contributed by atoms with van der Waals surface area (Å²) in [6, 6.07) is 7.47. The normalized spacial score (nSPS) is 11.9. The zero-order valence-corrected chi connectivity index (χ0v) is 19.8. The van der Waals surface area contributed by atoms with E-state index in [2.05, 4.69) is 20.6 Å². The summed E-state index contributed by atoms with van der Waals surface area (Å²) in [4.78, 5) is 35.2. The van der Waals surface area contributed by atoms with Crippen LogP contribution in [-0.4, -0.2) is 36.0 Å². The van der Waals surface area contributed by atoms with Crippen molar-refractivity contribution in [3.63, 3.8) is 0 Å². The highest BCUT2D eigenvalue weighted by atomic mass is 32.1. The van der Waals surface area contributed by atoms with E-state index >= 15 is 0 Å². The number of carbonyl (C=O) groups excluding carboxylic acids is 2. The van der Waals surface area contributed by atoms with E-state index in [1.165, 1.54) is 11.3 Å². The molecule has 1 aromatic carbocycles. The van der Waals surface area contributed by atoms with E-state index in [1.807, 2.05) is 45.0 Å². The molecule has 32 heavy (non-hydrogen) atoms. The number of ether oxygens (including phenoxy) is 2. The number of benzene rings is 1. The van der Waals surface area contributed by atoms with Gasteiger partial charge in [0.1, 0.15) is 11.4 Å². The van der Waals surface area contributed by atoms with Crippen molar-refractivity contribution in [2.75, 3.05) is 19.5 Å². The number of nitrogens with one attached hydrogen (secondary N) is 2. The number of fused-ring (bicyclic) bond motifs is 1. The van der Waals surface area contributed by atoms with Crippen LogP contribution >= 0.6 is 11.3 Å². The zero-order chi connectivity index (χ0) is 23.3. The second-order valence-electron chi connectivity index (χ2n) is 7.50. The number of amides is 2. The Kier molecular flexibility index (Phi) is 7.76. The predicted molar refractivity (Wildman–Crippen MR) is 125 cm³/mol. The molecule has 170 valence electrons. The van der Waals surface area contributed by atoms with E-state index in [4.69, 9.17) is 9.47 Å². The van der Waals surface area contributed by atoms with E-state index < -0.39 is 0 Å². The number of carbonyl (C=O) groups is 2. The van der Waals surface area contributed by atoms with E-state index in [-0.39, 0.29) is 24.3 Å². The Bertz CT molecular complexity index is 1130. The fourth-order valence-corrected chi connectivity index (χ4v) is 4.28. The number of aryl methyl sites for hydroxylation is 1. The Hall–Kier alpha value is -3.04. The van der Waals surface area contributed by atoms with Crippen molar-refractivity contribution < 1.29 is 19.1 Å². The molecule has 3 rings (SSSR count). The molecule has 0 fully saturated rings. The average Bonchev–Trinajstić information content (AvgIpc) is 3.13. The summed E-state index contributed by atoms with van der Waals surface area (Å²) in [6.45, 7) is 6.32. The third kappa shape index (κ3) is 5.23. The molecule has 0 spiro atoms. The summed E-state index contributed by atoms with van der Waals surface area (Å²) in [5.41, 5.74) is 2.38. The molecule has 1 atom stereocenters. The van der Waals surface area contributed by atoms with Crippen LogP contribution < -0.4 is 15.4 Å². The number of thiophene rings is 1. The number of anilines is 1. The van der Waals surface area contributed by atoms with Gasteiger partial charge >= 0.3 is 0 Å². The third-order valence-electron chi connectivity index (χ3n) is 5.18. The topological polar surface area (TPSA) is 102 Å². The van der Waals surface area contributed by atoms with Crippen molar-refractivity contribution in [3.8, 4) is 5.88 Å². The minimum Gasteiger partial charge on any atom is -0.480 e. The monoisotopic (exact) mass is 456 g/mol. The van der Waals surface area contributed by atoms with Gasteiger partial charge in [0, 0.05) is 25.3 Å². The van der Waals surface area contributed by atoms with Crippen LogP contribution in [0, 0.1) is 12.8 Å². The highest BCUT2D eigenvalue weighted by Crippen LogP contribution is 2.35. The lowest BCUT2D eigenvalue weighted by Gasteiger charge is -2.11. The summed E-state index contributed by atoms with van der Waals surface area (Å²) in [6.07, 6.45) is 0.776. The molecule has 9 heteroatoms. The molecular weight excluding hydrogens is 428 g/mol. The molecule has 2 heterocycles. The third-order valence-corrected chi connectivity index (χ3v) is 6.37. The second-order valence-corrected chi connectivity index (χ2v) is 8.50. The Morgan fingerprint density at radius 2 is 2.00 bits per heavy atom. The number of hydrogen-bond donors (Lipinski definition) is 2. The van der Waals surface area contributed by atoms with Gasteiger partial charge < -0.3 is 20.1 Å². The summed E-state index contributed by atoms with van der Waals surface area (Å²) in [7, 11) is 3.12. The molecule has 0 aliphatic carbocycles. The number of rotatable bonds is 9. The van der Waals surface area contributed by atoms with Gasteiger partial charge in [-0.05, 0) is 36.6 Å². The molecule has 0 aliphatic rings. The molecule has 3 aromatic rings. The minimum atomic E-state index is -0.199. The van der Waals surface area contributed by atoms with Gasteiger partial charge in [-0.25, -0.2) is 4.98 Å². The van der Waals surface area contributed by atoms with Gasteiger partial charge in [0.15, 0.2) is 5.82 Å². The van der Waals surface area contributed by atoms with Gasteiger partial charge in [0.2, 0.25) is 11.8 Å². The fraction of sp³-hybridized carbons (Fsp3) is 0.391. The van der Waals surface area contributed by atoms with Crippen LogP contribution in [0.3, 0.4) is 0 Å². The average molecular weight is 457 g/mol. The summed E-state index contributed by atoms with van der Waals surface area (Å²) < 4.78 is 10.5. The van der Waals surface area contributed by atoms with E-state index in [0.717, 1.165) is 22.9 Å². The van der Waals surface area contributed by atoms with Crippen LogP contribution in [-0.2, 0) is 22.7 Å². The van der Waals surface area contributed by atoms with Crippen molar-refractivity contribution in [3.05, 3.63) is 46.1 Å². The lowest BCUT2D eigenvalue weighted by atomic mass is 10.1. The Balaban J connectivity index is 1.76. The van der Waals surface area contributed by atoms with Gasteiger partial charge in [0.25, 0.3) is 5.91 Å². The van der Waals surface area contributed by atoms with Crippen molar-refractivity contribution in [1.82, 2.24) is 15.3 Å². The highest BCUT2D eigenvalue weighted by molar-refractivity contribution is 7.20. The van der Waals surface area contributed by atoms with Gasteiger partial charge in [0.05, 0.1) is 17.4 Å². The lowest BCUT2D eigenvalue weighted by molar-refractivity contribution is -0.119. The Morgan fingerprint density at radius 1 is 1.22 bits per heavy atom. The molecule has 0 saturated heterocycles. The molecule has 0 aliphatic heterocycles. The summed E-state index contributed by atoms with van der Waals surface area (Å²) >= 11 is 1.30. The van der Waals surface area contributed by atoms with Crippen LogP contribution in [0.4, 0.5) is 5.69 Å². The summed E-state index contributed by atoms with van der Waals surface area (Å²) in [5.74, 6) is 0.659. The smallest absolute Gasteiger partial charge is 0.261 e. The quantitative estimate of drug-likeness (QED) is 0.503. The SMILES string of the molecule is CCC(C)C(=O)Nc1cccc(CNC(=O)c2sc3nc(COC)nc(OC)c3c2C)c1. The fourth-order valence-electron chi connectivity index (χ4n) is 3.17. The molecule has 2 N–H and O–H groups in total. The number of nitrogens with zero attached hydrogens (tertiary/aromatic N) is 2. The maximum Gasteiger partial charge on any atom is 0.261 e. The first-order valence-corrected chi connectivity index (χ1v) is 11.2. The van der Waals surface area contributed by atoms with E-state index in [1.54, 1.807) is 14.2 Å². The minimum absolute atomic E-state index is 0.0162. The Morgan fingerprint density at radius 3 is 2.69 bits per heavy atom. The number of hydrogen-bond acceptors (Lipinski definition) is 7. The van der Waals surface area contributed by atoms with Gasteiger partial charge in [-0.15, -0.1) is 11.3 Å². The van der Waals surface area contributed by atoms with Crippen molar-refractivity contribution in [1.29, 1.82) is 0 Å². The van der Waals surface area contributed by atoms with E-state index in [0.29, 0.717) is 33.6 Å². The van der Waals surface area contributed by atoms with Crippen LogP contribution in [0.5, 0.6) is 5.88 Å². The predicted octanol–water partition coefficient (Wildman–Crippen LogP) is 4.07. The van der Waals surface area contributed by atoms with Crippen LogP contribution in [0.15, 0.2) is 24.3 Å². The summed E-state index contributed by atoms with van der Waals surface area (Å²) in [5, 5.41) is 6.61. The first-order chi connectivity index (χ1) is 15.4. The Labute approximate surface area is 191 Å². The largest absolute Gasteiger partial charge is 0.480 e. The lowest BCUT2D eigenvalue weighted by Crippen LogP contribution is -2.23. The van der Waals surface area contributed by atoms with Gasteiger partial charge in [-0.3, -0.25) is 9.59 Å². The first-order valence-electron chi connectivity index (χ1n) is 10.4. The van der Waals surface area contributed by atoms with Crippen molar-refractivity contribution >= 4 is 39.1 Å². The molecule has 0 saturated carbocycles. The standard InChI is InChI=1S/C23H28N4O4S/c1-6-13(2)20(28)25-16-9-7-8-15(10-16)11-24-21(29)19-14(3)18-22(31-5)26-17(12-30-4)27-23(18)32-19/h7-10,13H,6,11-12H2,1-5H3,(H,24,29)(H,25,28). The molecule has 0 radical (unpaired) electrons. The zero-order valence-electron chi connectivity index (χ0n) is 18.9. The maximum atomic E-state index is 12.9. The van der Waals surface area contributed by atoms with Crippen molar-refractivity contribution in [2.24, 2.45) is 5.92 Å². The van der Waals surface area contributed by atoms with E-state index in [9.17, 15) is 9.59 Å². The number of aromatic nitrogens is 2. The van der Waals surface area contributed by atoms with Gasteiger partial charge in [-0.1, -0.05) is 26.0 Å². The first kappa shape index (κ1) is 23.6. The van der Waals surface area contributed by atoms with Crippen molar-refractivity contribution in [2.45, 2.75) is 40.3 Å².